The predicted molar refractivity (Wildman–Crippen MR) is 110 cm³/mol. The summed E-state index contributed by atoms with van der Waals surface area (Å²) in [6.07, 6.45) is 6.91. The standard InChI is InChI=1S/C21H20FN7O/c1-26-17(5-6-25-26)21(30)28-11-9-27(10-12-28)19-20-24-14-18(29(20)8-7-23-19)15-3-2-4-16(22)13-15/h2-8,13-14H,9-12H2,1H3. The van der Waals surface area contributed by atoms with Gasteiger partial charge in [-0.05, 0) is 18.2 Å². The van der Waals surface area contributed by atoms with E-state index in [2.05, 4.69) is 20.0 Å². The number of imidazole rings is 1. The molecule has 1 saturated heterocycles. The number of halogens is 1. The van der Waals surface area contributed by atoms with Gasteiger partial charge in [0.1, 0.15) is 11.5 Å². The fourth-order valence-corrected chi connectivity index (χ4v) is 3.86. The number of aryl methyl sites for hydroxylation is 1. The Bertz CT molecular complexity index is 1220. The zero-order valence-corrected chi connectivity index (χ0v) is 16.4. The Labute approximate surface area is 172 Å². The Hall–Kier alpha value is -3.75. The molecule has 30 heavy (non-hydrogen) atoms. The van der Waals surface area contributed by atoms with Gasteiger partial charge in [0.05, 0.1) is 11.9 Å². The van der Waals surface area contributed by atoms with Crippen LogP contribution in [-0.2, 0) is 7.05 Å². The molecule has 1 aliphatic rings. The molecule has 9 heteroatoms. The Kier molecular flexibility index (Phi) is 4.42. The molecule has 0 unspecified atom stereocenters. The van der Waals surface area contributed by atoms with E-state index in [0.29, 0.717) is 37.5 Å². The van der Waals surface area contributed by atoms with Crippen molar-refractivity contribution in [3.8, 4) is 11.3 Å². The van der Waals surface area contributed by atoms with Crippen molar-refractivity contribution in [1.82, 2.24) is 29.0 Å². The van der Waals surface area contributed by atoms with Crippen LogP contribution in [-0.4, -0.2) is 61.1 Å². The molecule has 1 fully saturated rings. The number of aromatic nitrogens is 5. The Morgan fingerprint density at radius 2 is 1.90 bits per heavy atom. The molecule has 1 aromatic carbocycles. The lowest BCUT2D eigenvalue weighted by Crippen LogP contribution is -2.49. The molecule has 1 aliphatic heterocycles. The number of amides is 1. The number of carbonyl (C=O) groups excluding carboxylic acids is 1. The van der Waals surface area contributed by atoms with Gasteiger partial charge in [-0.1, -0.05) is 12.1 Å². The molecule has 0 atom stereocenters. The van der Waals surface area contributed by atoms with Crippen LogP contribution in [0.4, 0.5) is 10.2 Å². The second-order valence-corrected chi connectivity index (χ2v) is 7.22. The number of nitrogens with zero attached hydrogens (tertiary/aromatic N) is 7. The van der Waals surface area contributed by atoms with E-state index in [1.54, 1.807) is 42.5 Å². The minimum atomic E-state index is -0.286. The molecule has 3 aromatic heterocycles. The van der Waals surface area contributed by atoms with Gasteiger partial charge in [0.25, 0.3) is 5.91 Å². The van der Waals surface area contributed by atoms with Crippen LogP contribution in [0.1, 0.15) is 10.5 Å². The number of piperazine rings is 1. The van der Waals surface area contributed by atoms with Crippen LogP contribution in [0.25, 0.3) is 16.9 Å². The van der Waals surface area contributed by atoms with E-state index in [1.165, 1.54) is 12.1 Å². The van der Waals surface area contributed by atoms with Gasteiger partial charge < -0.3 is 9.80 Å². The van der Waals surface area contributed by atoms with E-state index >= 15 is 0 Å². The summed E-state index contributed by atoms with van der Waals surface area (Å²) in [6, 6.07) is 8.19. The third-order valence-corrected chi connectivity index (χ3v) is 5.44. The zero-order valence-electron chi connectivity index (χ0n) is 16.4. The van der Waals surface area contributed by atoms with Gasteiger partial charge in [0, 0.05) is 57.4 Å². The summed E-state index contributed by atoms with van der Waals surface area (Å²) in [6.45, 7) is 2.48. The van der Waals surface area contributed by atoms with E-state index in [4.69, 9.17) is 0 Å². The molecule has 1 amide bonds. The number of fused-ring (bicyclic) bond motifs is 1. The molecule has 152 valence electrons. The largest absolute Gasteiger partial charge is 0.350 e. The fraction of sp³-hybridized carbons (Fsp3) is 0.238. The third-order valence-electron chi connectivity index (χ3n) is 5.44. The van der Waals surface area contributed by atoms with E-state index in [0.717, 1.165) is 17.1 Å². The maximum atomic E-state index is 13.7. The molecule has 8 nitrogen and oxygen atoms in total. The van der Waals surface area contributed by atoms with Crippen LogP contribution in [0.3, 0.4) is 0 Å². The number of carbonyl (C=O) groups is 1. The molecular formula is C21H20FN7O. The molecule has 0 aliphatic carbocycles. The van der Waals surface area contributed by atoms with Gasteiger partial charge >= 0.3 is 0 Å². The highest BCUT2D eigenvalue weighted by atomic mass is 19.1. The highest BCUT2D eigenvalue weighted by Crippen LogP contribution is 2.26. The van der Waals surface area contributed by atoms with Gasteiger partial charge in [0.15, 0.2) is 11.5 Å². The molecular weight excluding hydrogens is 385 g/mol. The molecule has 0 saturated carbocycles. The van der Waals surface area contributed by atoms with E-state index in [-0.39, 0.29) is 11.7 Å². The van der Waals surface area contributed by atoms with Crippen LogP contribution in [0, 0.1) is 5.82 Å². The smallest absolute Gasteiger partial charge is 0.272 e. The molecule has 4 heterocycles. The van der Waals surface area contributed by atoms with Crippen molar-refractivity contribution in [2.75, 3.05) is 31.1 Å². The zero-order chi connectivity index (χ0) is 20.7. The molecule has 0 radical (unpaired) electrons. The highest BCUT2D eigenvalue weighted by Gasteiger charge is 2.26. The van der Waals surface area contributed by atoms with Gasteiger partial charge in [-0.15, -0.1) is 0 Å². The first kappa shape index (κ1) is 18.3. The lowest BCUT2D eigenvalue weighted by atomic mass is 10.1. The van der Waals surface area contributed by atoms with Crippen LogP contribution in [0.2, 0.25) is 0 Å². The molecule has 0 bridgehead atoms. The van der Waals surface area contributed by atoms with Gasteiger partial charge in [-0.2, -0.15) is 5.10 Å². The minimum Gasteiger partial charge on any atom is -0.350 e. The average Bonchev–Trinajstić information content (AvgIpc) is 3.39. The number of benzene rings is 1. The fourth-order valence-electron chi connectivity index (χ4n) is 3.86. The molecule has 0 N–H and O–H groups in total. The van der Waals surface area contributed by atoms with E-state index in [1.807, 2.05) is 21.6 Å². The first-order valence-corrected chi connectivity index (χ1v) is 9.72. The van der Waals surface area contributed by atoms with Gasteiger partial charge in [0.2, 0.25) is 0 Å². The maximum Gasteiger partial charge on any atom is 0.272 e. The van der Waals surface area contributed by atoms with E-state index in [9.17, 15) is 9.18 Å². The van der Waals surface area contributed by atoms with Crippen molar-refractivity contribution in [1.29, 1.82) is 0 Å². The lowest BCUT2D eigenvalue weighted by Gasteiger charge is -2.35. The molecule has 4 aromatic rings. The number of hydrogen-bond acceptors (Lipinski definition) is 5. The van der Waals surface area contributed by atoms with Crippen molar-refractivity contribution in [2.45, 2.75) is 0 Å². The molecule has 0 spiro atoms. The average molecular weight is 405 g/mol. The summed E-state index contributed by atoms with van der Waals surface area (Å²) in [5.74, 6) is 0.453. The number of hydrogen-bond donors (Lipinski definition) is 0. The quantitative estimate of drug-likeness (QED) is 0.523. The van der Waals surface area contributed by atoms with E-state index < -0.39 is 0 Å². The van der Waals surface area contributed by atoms with Crippen LogP contribution in [0.15, 0.2) is 55.1 Å². The lowest BCUT2D eigenvalue weighted by molar-refractivity contribution is 0.0735. The summed E-state index contributed by atoms with van der Waals surface area (Å²) in [4.78, 5) is 25.8. The van der Waals surface area contributed by atoms with Crippen LogP contribution >= 0.6 is 0 Å². The summed E-state index contributed by atoms with van der Waals surface area (Å²) in [7, 11) is 1.77. The second-order valence-electron chi connectivity index (χ2n) is 7.22. The highest BCUT2D eigenvalue weighted by molar-refractivity contribution is 5.92. The summed E-state index contributed by atoms with van der Waals surface area (Å²) in [5.41, 5.74) is 2.85. The molecule has 5 rings (SSSR count). The van der Waals surface area contributed by atoms with Crippen molar-refractivity contribution in [3.63, 3.8) is 0 Å². The Balaban J connectivity index is 1.39. The third kappa shape index (κ3) is 3.08. The van der Waals surface area contributed by atoms with Gasteiger partial charge in [-0.25, -0.2) is 14.4 Å². The van der Waals surface area contributed by atoms with Crippen LogP contribution < -0.4 is 4.90 Å². The Morgan fingerprint density at radius 1 is 1.07 bits per heavy atom. The summed E-state index contributed by atoms with van der Waals surface area (Å²) < 4.78 is 17.2. The second kappa shape index (κ2) is 7.25. The monoisotopic (exact) mass is 405 g/mol. The number of anilines is 1. The van der Waals surface area contributed by atoms with Crippen molar-refractivity contribution in [2.24, 2.45) is 7.05 Å². The summed E-state index contributed by atoms with van der Waals surface area (Å²) in [5, 5.41) is 4.08. The number of rotatable bonds is 3. The normalized spacial score (nSPS) is 14.5. The van der Waals surface area contributed by atoms with Gasteiger partial charge in [-0.3, -0.25) is 13.9 Å². The SMILES string of the molecule is Cn1nccc1C(=O)N1CCN(c2nccn3c(-c4cccc(F)c4)cnc23)CC1. The minimum absolute atomic E-state index is 0.0185. The summed E-state index contributed by atoms with van der Waals surface area (Å²) >= 11 is 0. The first-order chi connectivity index (χ1) is 14.6. The first-order valence-electron chi connectivity index (χ1n) is 9.72. The Morgan fingerprint density at radius 3 is 2.63 bits per heavy atom. The van der Waals surface area contributed by atoms with Crippen molar-refractivity contribution < 1.29 is 9.18 Å². The maximum absolute atomic E-state index is 13.7. The van der Waals surface area contributed by atoms with Crippen LogP contribution in [0.5, 0.6) is 0 Å². The van der Waals surface area contributed by atoms with Crippen molar-refractivity contribution >= 4 is 17.4 Å². The topological polar surface area (TPSA) is 71.6 Å². The van der Waals surface area contributed by atoms with Crippen molar-refractivity contribution in [3.05, 3.63) is 66.6 Å². The predicted octanol–water partition coefficient (Wildman–Crippen LogP) is 2.23.